The highest BCUT2D eigenvalue weighted by atomic mass is 35.5. The largest absolute Gasteiger partial charge is 0.497 e. The molecule has 1 fully saturated rings. The first-order chi connectivity index (χ1) is 11.2. The molecule has 1 heterocycles. The van der Waals surface area contributed by atoms with E-state index in [4.69, 9.17) is 16.3 Å². The lowest BCUT2D eigenvalue weighted by atomic mass is 10.1. The normalized spacial score (nSPS) is 14.7. The highest BCUT2D eigenvalue weighted by Gasteiger charge is 2.23. The van der Waals surface area contributed by atoms with E-state index < -0.39 is 0 Å². The van der Waals surface area contributed by atoms with Crippen LogP contribution in [0.5, 0.6) is 5.75 Å². The number of piperazine rings is 1. The van der Waals surface area contributed by atoms with E-state index in [1.807, 2.05) is 53.4 Å². The van der Waals surface area contributed by atoms with E-state index in [-0.39, 0.29) is 5.91 Å². The number of halogens is 1. The van der Waals surface area contributed by atoms with E-state index in [0.29, 0.717) is 18.7 Å². The third-order valence-electron chi connectivity index (χ3n) is 4.10. The maximum Gasteiger partial charge on any atom is 0.253 e. The summed E-state index contributed by atoms with van der Waals surface area (Å²) in [5, 5.41) is 0.752. The number of amides is 1. The molecule has 0 N–H and O–H groups in total. The molecule has 1 aliphatic heterocycles. The smallest absolute Gasteiger partial charge is 0.253 e. The molecular formula is C18H19ClN2O2. The van der Waals surface area contributed by atoms with Gasteiger partial charge in [-0.3, -0.25) is 4.79 Å². The van der Waals surface area contributed by atoms with Gasteiger partial charge >= 0.3 is 0 Å². The number of ether oxygens (including phenoxy) is 1. The van der Waals surface area contributed by atoms with E-state index in [9.17, 15) is 4.79 Å². The van der Waals surface area contributed by atoms with Crippen molar-refractivity contribution in [1.82, 2.24) is 4.90 Å². The Hall–Kier alpha value is -2.20. The Bertz CT molecular complexity index is 680. The van der Waals surface area contributed by atoms with Gasteiger partial charge in [-0.2, -0.15) is 0 Å². The van der Waals surface area contributed by atoms with Gasteiger partial charge in [-0.1, -0.05) is 23.7 Å². The van der Waals surface area contributed by atoms with Crippen LogP contribution >= 0.6 is 11.6 Å². The van der Waals surface area contributed by atoms with E-state index in [2.05, 4.69) is 4.90 Å². The number of benzene rings is 2. The highest BCUT2D eigenvalue weighted by Crippen LogP contribution is 2.26. The maximum atomic E-state index is 12.5. The van der Waals surface area contributed by atoms with Crippen LogP contribution in [-0.2, 0) is 0 Å². The van der Waals surface area contributed by atoms with Crippen molar-refractivity contribution in [3.63, 3.8) is 0 Å². The zero-order valence-electron chi connectivity index (χ0n) is 13.0. The minimum atomic E-state index is 0.0615. The highest BCUT2D eigenvalue weighted by molar-refractivity contribution is 6.33. The Kier molecular flexibility index (Phi) is 4.72. The van der Waals surface area contributed by atoms with Gasteiger partial charge in [0.25, 0.3) is 5.91 Å². The number of carbonyl (C=O) groups excluding carboxylic acids is 1. The van der Waals surface area contributed by atoms with Gasteiger partial charge in [-0.05, 0) is 36.4 Å². The summed E-state index contributed by atoms with van der Waals surface area (Å²) < 4.78 is 5.12. The van der Waals surface area contributed by atoms with Crippen LogP contribution in [0.4, 0.5) is 5.69 Å². The third kappa shape index (κ3) is 3.42. The van der Waals surface area contributed by atoms with E-state index in [1.54, 1.807) is 7.11 Å². The van der Waals surface area contributed by atoms with Crippen molar-refractivity contribution in [2.45, 2.75) is 0 Å². The van der Waals surface area contributed by atoms with Crippen LogP contribution in [0.1, 0.15) is 10.4 Å². The predicted molar refractivity (Wildman–Crippen MR) is 92.6 cm³/mol. The van der Waals surface area contributed by atoms with Crippen LogP contribution in [0, 0.1) is 0 Å². The van der Waals surface area contributed by atoms with Crippen LogP contribution in [0.15, 0.2) is 48.5 Å². The molecule has 2 aromatic rings. The fraction of sp³-hybridized carbons (Fsp3) is 0.278. The van der Waals surface area contributed by atoms with Crippen molar-refractivity contribution in [3.8, 4) is 5.75 Å². The summed E-state index contributed by atoms with van der Waals surface area (Å²) in [4.78, 5) is 16.7. The van der Waals surface area contributed by atoms with Crippen LogP contribution < -0.4 is 9.64 Å². The number of hydrogen-bond acceptors (Lipinski definition) is 3. The molecular weight excluding hydrogens is 312 g/mol. The summed E-state index contributed by atoms with van der Waals surface area (Å²) in [5.41, 5.74) is 1.72. The molecule has 2 aromatic carbocycles. The molecule has 0 bridgehead atoms. The number of nitrogens with zero attached hydrogens (tertiary/aromatic N) is 2. The molecule has 0 spiro atoms. The van der Waals surface area contributed by atoms with Crippen LogP contribution in [0.2, 0.25) is 5.02 Å². The van der Waals surface area contributed by atoms with Crippen molar-refractivity contribution in [2.24, 2.45) is 0 Å². The fourth-order valence-corrected chi connectivity index (χ4v) is 3.03. The second-order valence-corrected chi connectivity index (χ2v) is 5.87. The molecule has 4 nitrogen and oxygen atoms in total. The Balaban J connectivity index is 1.64. The molecule has 1 saturated heterocycles. The third-order valence-corrected chi connectivity index (χ3v) is 4.42. The zero-order valence-corrected chi connectivity index (χ0v) is 13.8. The summed E-state index contributed by atoms with van der Waals surface area (Å²) in [6.45, 7) is 2.95. The quantitative estimate of drug-likeness (QED) is 0.865. The molecule has 0 radical (unpaired) electrons. The molecule has 5 heteroatoms. The van der Waals surface area contributed by atoms with Crippen LogP contribution in [0.25, 0.3) is 0 Å². The molecule has 0 aliphatic carbocycles. The SMILES string of the molecule is COc1ccc(C(=O)N2CCN(c3ccccc3Cl)CC2)cc1. The lowest BCUT2D eigenvalue weighted by Crippen LogP contribution is -2.48. The molecule has 0 aromatic heterocycles. The number of anilines is 1. The summed E-state index contributed by atoms with van der Waals surface area (Å²) >= 11 is 6.25. The number of rotatable bonds is 3. The van der Waals surface area contributed by atoms with E-state index in [0.717, 1.165) is 29.5 Å². The molecule has 3 rings (SSSR count). The lowest BCUT2D eigenvalue weighted by molar-refractivity contribution is 0.0747. The van der Waals surface area contributed by atoms with Crippen LogP contribution in [-0.4, -0.2) is 44.1 Å². The average Bonchev–Trinajstić information content (AvgIpc) is 2.62. The molecule has 1 amide bonds. The van der Waals surface area contributed by atoms with Gasteiger partial charge in [-0.25, -0.2) is 0 Å². The van der Waals surface area contributed by atoms with Gasteiger partial charge in [0, 0.05) is 31.7 Å². The van der Waals surface area contributed by atoms with Crippen LogP contribution in [0.3, 0.4) is 0 Å². The fourth-order valence-electron chi connectivity index (χ4n) is 2.77. The summed E-state index contributed by atoms with van der Waals surface area (Å²) in [6.07, 6.45) is 0. The summed E-state index contributed by atoms with van der Waals surface area (Å²) in [6, 6.07) is 15.1. The predicted octanol–water partition coefficient (Wildman–Crippen LogP) is 3.31. The molecule has 0 atom stereocenters. The number of methoxy groups -OCH3 is 1. The second kappa shape index (κ2) is 6.92. The first kappa shape index (κ1) is 15.7. The standard InChI is InChI=1S/C18H19ClN2O2/c1-23-15-8-6-14(7-9-15)18(22)21-12-10-20(11-13-21)17-5-3-2-4-16(17)19/h2-9H,10-13H2,1H3. The Morgan fingerprint density at radius 2 is 1.65 bits per heavy atom. The number of carbonyl (C=O) groups is 1. The Morgan fingerprint density at radius 3 is 2.26 bits per heavy atom. The summed E-state index contributed by atoms with van der Waals surface area (Å²) in [5.74, 6) is 0.816. The minimum absolute atomic E-state index is 0.0615. The Morgan fingerprint density at radius 1 is 1.00 bits per heavy atom. The molecule has 1 aliphatic rings. The van der Waals surface area contributed by atoms with Crippen molar-refractivity contribution in [3.05, 3.63) is 59.1 Å². The first-order valence-corrected chi connectivity index (χ1v) is 7.99. The second-order valence-electron chi connectivity index (χ2n) is 5.46. The molecule has 0 saturated carbocycles. The monoisotopic (exact) mass is 330 g/mol. The van der Waals surface area contributed by atoms with Crippen molar-refractivity contribution in [2.75, 3.05) is 38.2 Å². The van der Waals surface area contributed by atoms with Gasteiger partial charge in [0.2, 0.25) is 0 Å². The van der Waals surface area contributed by atoms with Gasteiger partial charge in [0.05, 0.1) is 17.8 Å². The topological polar surface area (TPSA) is 32.8 Å². The lowest BCUT2D eigenvalue weighted by Gasteiger charge is -2.36. The Labute approximate surface area is 141 Å². The van der Waals surface area contributed by atoms with E-state index >= 15 is 0 Å². The van der Waals surface area contributed by atoms with Gasteiger partial charge < -0.3 is 14.5 Å². The van der Waals surface area contributed by atoms with Crippen molar-refractivity contribution >= 4 is 23.2 Å². The zero-order chi connectivity index (χ0) is 16.2. The number of hydrogen-bond donors (Lipinski definition) is 0. The first-order valence-electron chi connectivity index (χ1n) is 7.62. The van der Waals surface area contributed by atoms with Crippen molar-refractivity contribution < 1.29 is 9.53 Å². The average molecular weight is 331 g/mol. The van der Waals surface area contributed by atoms with E-state index in [1.165, 1.54) is 0 Å². The molecule has 23 heavy (non-hydrogen) atoms. The molecule has 0 unspecified atom stereocenters. The number of para-hydroxylation sites is 1. The maximum absolute atomic E-state index is 12.5. The molecule has 120 valence electrons. The van der Waals surface area contributed by atoms with Crippen molar-refractivity contribution in [1.29, 1.82) is 0 Å². The van der Waals surface area contributed by atoms with Gasteiger partial charge in [0.1, 0.15) is 5.75 Å². The van der Waals surface area contributed by atoms with Gasteiger partial charge in [-0.15, -0.1) is 0 Å². The summed E-state index contributed by atoms with van der Waals surface area (Å²) in [7, 11) is 1.62. The van der Waals surface area contributed by atoms with Gasteiger partial charge in [0.15, 0.2) is 0 Å². The minimum Gasteiger partial charge on any atom is -0.497 e.